The minimum absolute atomic E-state index is 0.176. The SMILES string of the molecule is CCc1nc(-c2csc(S(=O)(=O)Nc3ccc(Cl)cc3C)c2)no1. The Kier molecular flexibility index (Phi) is 4.62. The Hall–Kier alpha value is -1.90. The number of nitrogens with one attached hydrogen (secondary N) is 1. The molecule has 3 rings (SSSR count). The Morgan fingerprint density at radius 3 is 2.79 bits per heavy atom. The topological polar surface area (TPSA) is 85.1 Å². The number of aryl methyl sites for hydroxylation is 2. The molecule has 126 valence electrons. The molecule has 3 aromatic rings. The first-order valence-electron chi connectivity index (χ1n) is 7.09. The zero-order chi connectivity index (χ0) is 17.3. The van der Waals surface area contributed by atoms with Gasteiger partial charge in [-0.1, -0.05) is 23.7 Å². The van der Waals surface area contributed by atoms with Gasteiger partial charge in [0.1, 0.15) is 4.21 Å². The highest BCUT2D eigenvalue weighted by atomic mass is 35.5. The van der Waals surface area contributed by atoms with Crippen LogP contribution >= 0.6 is 22.9 Å². The maximum Gasteiger partial charge on any atom is 0.271 e. The van der Waals surface area contributed by atoms with Crippen LogP contribution in [-0.2, 0) is 16.4 Å². The number of nitrogens with zero attached hydrogens (tertiary/aromatic N) is 2. The molecule has 0 radical (unpaired) electrons. The molecular formula is C15H14ClN3O3S2. The van der Waals surface area contributed by atoms with Gasteiger partial charge in [0.2, 0.25) is 11.7 Å². The van der Waals surface area contributed by atoms with Crippen molar-refractivity contribution < 1.29 is 12.9 Å². The van der Waals surface area contributed by atoms with Crippen molar-refractivity contribution in [3.8, 4) is 11.4 Å². The fourth-order valence-corrected chi connectivity index (χ4v) is 4.54. The van der Waals surface area contributed by atoms with Crippen LogP contribution in [0.5, 0.6) is 0 Å². The van der Waals surface area contributed by atoms with Crippen LogP contribution in [0.2, 0.25) is 5.02 Å². The Balaban J connectivity index is 1.87. The molecule has 0 saturated heterocycles. The minimum atomic E-state index is -3.70. The lowest BCUT2D eigenvalue weighted by atomic mass is 10.2. The number of halogens is 1. The van der Waals surface area contributed by atoms with Crippen LogP contribution in [0.15, 0.2) is 38.4 Å². The number of aromatic nitrogens is 2. The molecule has 0 spiro atoms. The zero-order valence-corrected chi connectivity index (χ0v) is 15.3. The van der Waals surface area contributed by atoms with E-state index >= 15 is 0 Å². The molecule has 0 saturated carbocycles. The van der Waals surface area contributed by atoms with Crippen molar-refractivity contribution in [3.63, 3.8) is 0 Å². The third-order valence-corrected chi connectivity index (χ3v) is 6.34. The summed E-state index contributed by atoms with van der Waals surface area (Å²) >= 11 is 6.99. The normalized spacial score (nSPS) is 11.6. The van der Waals surface area contributed by atoms with E-state index in [2.05, 4.69) is 14.9 Å². The summed E-state index contributed by atoms with van der Waals surface area (Å²) < 4.78 is 32.9. The van der Waals surface area contributed by atoms with Crippen LogP contribution in [-0.4, -0.2) is 18.6 Å². The molecule has 24 heavy (non-hydrogen) atoms. The van der Waals surface area contributed by atoms with E-state index in [-0.39, 0.29) is 4.21 Å². The Bertz CT molecular complexity index is 980. The Morgan fingerprint density at radius 1 is 1.33 bits per heavy atom. The van der Waals surface area contributed by atoms with E-state index in [4.69, 9.17) is 16.1 Å². The van der Waals surface area contributed by atoms with Gasteiger partial charge in [-0.2, -0.15) is 4.98 Å². The van der Waals surface area contributed by atoms with E-state index in [1.807, 2.05) is 6.92 Å². The van der Waals surface area contributed by atoms with Gasteiger partial charge < -0.3 is 4.52 Å². The monoisotopic (exact) mass is 383 g/mol. The average molecular weight is 384 g/mol. The highest BCUT2D eigenvalue weighted by molar-refractivity contribution is 7.94. The molecule has 9 heteroatoms. The standard InChI is InChI=1S/C15H14ClN3O3S2/c1-3-13-17-15(18-22-13)10-7-14(23-8-10)24(20,21)19-12-5-4-11(16)6-9(12)2/h4-8,19H,3H2,1-2H3. The van der Waals surface area contributed by atoms with Crippen molar-refractivity contribution in [2.45, 2.75) is 24.5 Å². The summed E-state index contributed by atoms with van der Waals surface area (Å²) in [4.78, 5) is 4.20. The van der Waals surface area contributed by atoms with Gasteiger partial charge in [-0.05, 0) is 36.8 Å². The summed E-state index contributed by atoms with van der Waals surface area (Å²) in [5, 5.41) is 6.09. The Labute approximate surface area is 148 Å². The van der Waals surface area contributed by atoms with Crippen molar-refractivity contribution in [1.29, 1.82) is 0 Å². The number of sulfonamides is 1. The zero-order valence-electron chi connectivity index (χ0n) is 12.9. The molecule has 0 fully saturated rings. The van der Waals surface area contributed by atoms with E-state index in [9.17, 15) is 8.42 Å². The Morgan fingerprint density at radius 2 is 2.12 bits per heavy atom. The molecule has 0 unspecified atom stereocenters. The van der Waals surface area contributed by atoms with Gasteiger partial charge in [0.25, 0.3) is 10.0 Å². The van der Waals surface area contributed by atoms with Crippen LogP contribution in [0.1, 0.15) is 18.4 Å². The molecule has 0 aliphatic heterocycles. The van der Waals surface area contributed by atoms with E-state index in [1.54, 1.807) is 30.5 Å². The molecule has 0 aliphatic carbocycles. The molecule has 0 amide bonds. The van der Waals surface area contributed by atoms with Gasteiger partial charge in [-0.3, -0.25) is 4.72 Å². The van der Waals surface area contributed by atoms with E-state index < -0.39 is 10.0 Å². The summed E-state index contributed by atoms with van der Waals surface area (Å²) in [6.45, 7) is 3.69. The molecule has 0 aliphatic rings. The van der Waals surface area contributed by atoms with Crippen LogP contribution in [0, 0.1) is 6.92 Å². The first kappa shape index (κ1) is 16.9. The molecule has 1 N–H and O–H groups in total. The summed E-state index contributed by atoms with van der Waals surface area (Å²) in [6, 6.07) is 6.50. The second kappa shape index (κ2) is 6.54. The van der Waals surface area contributed by atoms with Crippen LogP contribution in [0.25, 0.3) is 11.4 Å². The van der Waals surface area contributed by atoms with Gasteiger partial charge in [0.05, 0.1) is 5.69 Å². The van der Waals surface area contributed by atoms with Gasteiger partial charge >= 0.3 is 0 Å². The van der Waals surface area contributed by atoms with Gasteiger partial charge in [0.15, 0.2) is 0 Å². The molecule has 0 bridgehead atoms. The van der Waals surface area contributed by atoms with E-state index in [1.165, 1.54) is 6.07 Å². The molecule has 2 heterocycles. The van der Waals surface area contributed by atoms with E-state index in [0.29, 0.717) is 34.4 Å². The number of thiophene rings is 1. The molecule has 1 aromatic carbocycles. The summed E-state index contributed by atoms with van der Waals surface area (Å²) in [6.07, 6.45) is 0.625. The predicted molar refractivity (Wildman–Crippen MR) is 94.0 cm³/mol. The number of anilines is 1. The number of hydrogen-bond acceptors (Lipinski definition) is 6. The summed E-state index contributed by atoms with van der Waals surface area (Å²) in [5.41, 5.74) is 1.84. The van der Waals surface area contributed by atoms with Crippen molar-refractivity contribution >= 4 is 38.6 Å². The molecule has 0 atom stereocenters. The average Bonchev–Trinajstić information content (AvgIpc) is 3.18. The lowest BCUT2D eigenvalue weighted by Gasteiger charge is -2.09. The smallest absolute Gasteiger partial charge is 0.271 e. The first-order valence-corrected chi connectivity index (χ1v) is 9.83. The molecule has 2 aromatic heterocycles. The van der Waals surface area contributed by atoms with Crippen LogP contribution < -0.4 is 4.72 Å². The lowest BCUT2D eigenvalue weighted by Crippen LogP contribution is -2.12. The molecule has 6 nitrogen and oxygen atoms in total. The van der Waals surface area contributed by atoms with Crippen LogP contribution in [0.3, 0.4) is 0 Å². The summed E-state index contributed by atoms with van der Waals surface area (Å²) in [7, 11) is -3.70. The minimum Gasteiger partial charge on any atom is -0.339 e. The highest BCUT2D eigenvalue weighted by Crippen LogP contribution is 2.29. The van der Waals surface area contributed by atoms with Crippen molar-refractivity contribution in [3.05, 3.63) is 46.1 Å². The summed E-state index contributed by atoms with van der Waals surface area (Å²) in [5.74, 6) is 0.891. The third kappa shape index (κ3) is 3.45. The quantitative estimate of drug-likeness (QED) is 0.716. The van der Waals surface area contributed by atoms with Crippen molar-refractivity contribution in [1.82, 2.24) is 10.1 Å². The fourth-order valence-electron chi connectivity index (χ4n) is 2.03. The predicted octanol–water partition coefficient (Wildman–Crippen LogP) is 4.12. The van der Waals surface area contributed by atoms with E-state index in [0.717, 1.165) is 16.9 Å². The second-order valence-electron chi connectivity index (χ2n) is 5.08. The maximum atomic E-state index is 12.5. The van der Waals surface area contributed by atoms with Gasteiger partial charge in [0, 0.05) is 22.4 Å². The largest absolute Gasteiger partial charge is 0.339 e. The first-order chi connectivity index (χ1) is 11.4. The van der Waals surface area contributed by atoms with Crippen molar-refractivity contribution in [2.75, 3.05) is 4.72 Å². The molecular weight excluding hydrogens is 370 g/mol. The number of benzene rings is 1. The maximum absolute atomic E-state index is 12.5. The highest BCUT2D eigenvalue weighted by Gasteiger charge is 2.20. The lowest BCUT2D eigenvalue weighted by molar-refractivity contribution is 0.383. The fraction of sp³-hybridized carbons (Fsp3) is 0.200. The van der Waals surface area contributed by atoms with Gasteiger partial charge in [-0.25, -0.2) is 8.42 Å². The number of hydrogen-bond donors (Lipinski definition) is 1. The second-order valence-corrected chi connectivity index (χ2v) is 8.34. The number of rotatable bonds is 5. The third-order valence-electron chi connectivity index (χ3n) is 3.30. The van der Waals surface area contributed by atoms with Gasteiger partial charge in [-0.15, -0.1) is 11.3 Å². The van der Waals surface area contributed by atoms with Crippen LogP contribution in [0.4, 0.5) is 5.69 Å². The van der Waals surface area contributed by atoms with Crippen molar-refractivity contribution in [2.24, 2.45) is 0 Å².